The van der Waals surface area contributed by atoms with E-state index in [1.807, 2.05) is 30.3 Å². The van der Waals surface area contributed by atoms with Crippen LogP contribution in [0.25, 0.3) is 0 Å². The van der Waals surface area contributed by atoms with Gasteiger partial charge in [0.25, 0.3) is 0 Å². The number of rotatable bonds is 9. The first kappa shape index (κ1) is 23.3. The van der Waals surface area contributed by atoms with Crippen molar-refractivity contribution in [1.29, 1.82) is 0 Å². The molecular weight excluding hydrogens is 428 g/mol. The van der Waals surface area contributed by atoms with Gasteiger partial charge in [-0.05, 0) is 60.5 Å². The van der Waals surface area contributed by atoms with E-state index in [2.05, 4.69) is 5.32 Å². The Morgan fingerprint density at radius 2 is 1.69 bits per heavy atom. The highest BCUT2D eigenvalue weighted by molar-refractivity contribution is 7.89. The van der Waals surface area contributed by atoms with Gasteiger partial charge in [0.1, 0.15) is 18.1 Å². The highest BCUT2D eigenvalue weighted by Crippen LogP contribution is 2.23. The molecule has 3 aromatic carbocycles. The van der Waals surface area contributed by atoms with Gasteiger partial charge in [0.2, 0.25) is 15.9 Å². The molecule has 7 nitrogen and oxygen atoms in total. The van der Waals surface area contributed by atoms with Gasteiger partial charge in [-0.25, -0.2) is 8.42 Å². The Morgan fingerprint density at radius 1 is 1.00 bits per heavy atom. The largest absolute Gasteiger partial charge is 0.496 e. The van der Waals surface area contributed by atoms with E-state index in [-0.39, 0.29) is 11.4 Å². The number of hydrogen-bond donors (Lipinski definition) is 1. The van der Waals surface area contributed by atoms with Crippen LogP contribution in [0, 0.1) is 6.92 Å². The number of nitrogens with one attached hydrogen (secondary N) is 1. The molecule has 0 radical (unpaired) electrons. The molecule has 0 aliphatic heterocycles. The summed E-state index contributed by atoms with van der Waals surface area (Å²) in [6.45, 7) is 1.89. The smallest absolute Gasteiger partial charge is 0.243 e. The minimum Gasteiger partial charge on any atom is -0.496 e. The molecule has 0 aliphatic rings. The van der Waals surface area contributed by atoms with E-state index in [0.717, 1.165) is 9.87 Å². The molecule has 0 aliphatic carbocycles. The maximum absolute atomic E-state index is 12.8. The number of ether oxygens (including phenoxy) is 2. The van der Waals surface area contributed by atoms with Crippen LogP contribution in [-0.4, -0.2) is 39.3 Å². The van der Waals surface area contributed by atoms with Crippen molar-refractivity contribution in [3.05, 3.63) is 83.9 Å². The SMILES string of the molecule is COc1ccc(S(=O)(=O)N(C)CC(=O)Nc2ccc(OCc3ccccc3)cc2)cc1C. The third-order valence-corrected chi connectivity index (χ3v) is 6.63. The van der Waals surface area contributed by atoms with Gasteiger partial charge in [0, 0.05) is 12.7 Å². The van der Waals surface area contributed by atoms with Crippen molar-refractivity contribution in [3.63, 3.8) is 0 Å². The zero-order valence-electron chi connectivity index (χ0n) is 18.2. The predicted molar refractivity (Wildman–Crippen MR) is 123 cm³/mol. The third kappa shape index (κ3) is 5.87. The number of carbonyl (C=O) groups is 1. The van der Waals surface area contributed by atoms with Crippen LogP contribution in [0.15, 0.2) is 77.7 Å². The van der Waals surface area contributed by atoms with Gasteiger partial charge in [-0.3, -0.25) is 4.79 Å². The zero-order chi connectivity index (χ0) is 23.1. The first-order valence-electron chi connectivity index (χ1n) is 9.97. The quantitative estimate of drug-likeness (QED) is 0.531. The van der Waals surface area contributed by atoms with Gasteiger partial charge in [-0.15, -0.1) is 0 Å². The van der Waals surface area contributed by atoms with Crippen LogP contribution in [0.2, 0.25) is 0 Å². The standard InChI is InChI=1S/C24H26N2O5S/c1-18-15-22(13-14-23(18)30-3)32(28,29)26(2)16-24(27)25-20-9-11-21(12-10-20)31-17-19-7-5-4-6-8-19/h4-15H,16-17H2,1-3H3,(H,25,27). The molecule has 0 spiro atoms. The summed E-state index contributed by atoms with van der Waals surface area (Å²) in [6, 6.07) is 21.3. The predicted octanol–water partition coefficient (Wildman–Crippen LogP) is 3.84. The fourth-order valence-corrected chi connectivity index (χ4v) is 4.27. The van der Waals surface area contributed by atoms with E-state index in [1.54, 1.807) is 37.3 Å². The summed E-state index contributed by atoms with van der Waals surface area (Å²) in [6.07, 6.45) is 0. The first-order valence-corrected chi connectivity index (χ1v) is 11.4. The van der Waals surface area contributed by atoms with E-state index in [9.17, 15) is 13.2 Å². The first-order chi connectivity index (χ1) is 15.3. The highest BCUT2D eigenvalue weighted by Gasteiger charge is 2.23. The van der Waals surface area contributed by atoms with Gasteiger partial charge in [0.05, 0.1) is 18.6 Å². The van der Waals surface area contributed by atoms with E-state index in [1.165, 1.54) is 26.3 Å². The van der Waals surface area contributed by atoms with E-state index >= 15 is 0 Å². The zero-order valence-corrected chi connectivity index (χ0v) is 19.1. The summed E-state index contributed by atoms with van der Waals surface area (Å²) in [5.74, 6) is 0.821. The molecule has 0 unspecified atom stereocenters. The summed E-state index contributed by atoms with van der Waals surface area (Å²) in [4.78, 5) is 12.5. The van der Waals surface area contributed by atoms with Gasteiger partial charge >= 0.3 is 0 Å². The average molecular weight is 455 g/mol. The number of methoxy groups -OCH3 is 1. The number of aryl methyl sites for hydroxylation is 1. The lowest BCUT2D eigenvalue weighted by Gasteiger charge is -2.18. The number of anilines is 1. The molecule has 0 bridgehead atoms. The van der Waals surface area contributed by atoms with Crippen molar-refractivity contribution in [2.75, 3.05) is 26.0 Å². The van der Waals surface area contributed by atoms with Gasteiger partial charge in [-0.1, -0.05) is 30.3 Å². The van der Waals surface area contributed by atoms with Gasteiger partial charge in [-0.2, -0.15) is 4.31 Å². The number of nitrogens with zero attached hydrogens (tertiary/aromatic N) is 1. The lowest BCUT2D eigenvalue weighted by atomic mass is 10.2. The maximum Gasteiger partial charge on any atom is 0.243 e. The lowest BCUT2D eigenvalue weighted by molar-refractivity contribution is -0.116. The van der Waals surface area contributed by atoms with Crippen molar-refractivity contribution in [2.24, 2.45) is 0 Å². The molecule has 0 saturated heterocycles. The van der Waals surface area contributed by atoms with Crippen molar-refractivity contribution < 1.29 is 22.7 Å². The van der Waals surface area contributed by atoms with Crippen LogP contribution < -0.4 is 14.8 Å². The second kappa shape index (κ2) is 10.3. The number of benzene rings is 3. The van der Waals surface area contributed by atoms with Crippen molar-refractivity contribution in [3.8, 4) is 11.5 Å². The van der Waals surface area contributed by atoms with Crippen LogP contribution in [0.3, 0.4) is 0 Å². The Morgan fingerprint density at radius 3 is 2.31 bits per heavy atom. The van der Waals surface area contributed by atoms with Crippen LogP contribution >= 0.6 is 0 Å². The fraction of sp³-hybridized carbons (Fsp3) is 0.208. The second-order valence-corrected chi connectivity index (χ2v) is 9.28. The number of carbonyl (C=O) groups excluding carboxylic acids is 1. The molecular formula is C24H26N2O5S. The normalized spacial score (nSPS) is 11.2. The Labute approximate surface area is 188 Å². The van der Waals surface area contributed by atoms with E-state index in [0.29, 0.717) is 29.4 Å². The Kier molecular flexibility index (Phi) is 7.50. The Hall–Kier alpha value is -3.36. The number of hydrogen-bond acceptors (Lipinski definition) is 5. The molecule has 0 aromatic heterocycles. The van der Waals surface area contributed by atoms with Gasteiger partial charge < -0.3 is 14.8 Å². The minimum absolute atomic E-state index is 0.103. The summed E-state index contributed by atoms with van der Waals surface area (Å²) in [5, 5.41) is 2.71. The lowest BCUT2D eigenvalue weighted by Crippen LogP contribution is -2.35. The summed E-state index contributed by atoms with van der Waals surface area (Å²) >= 11 is 0. The van der Waals surface area contributed by atoms with Crippen LogP contribution in [0.4, 0.5) is 5.69 Å². The van der Waals surface area contributed by atoms with Gasteiger partial charge in [0.15, 0.2) is 0 Å². The summed E-state index contributed by atoms with van der Waals surface area (Å²) in [5.41, 5.74) is 2.30. The molecule has 168 valence electrons. The molecule has 8 heteroatoms. The topological polar surface area (TPSA) is 84.9 Å². The Bertz CT molecular complexity index is 1160. The Balaban J connectivity index is 1.56. The monoisotopic (exact) mass is 454 g/mol. The number of sulfonamides is 1. The van der Waals surface area contributed by atoms with Crippen molar-refractivity contribution in [1.82, 2.24) is 4.31 Å². The molecule has 0 saturated carbocycles. The number of amides is 1. The van der Waals surface area contributed by atoms with Crippen LogP contribution in [0.1, 0.15) is 11.1 Å². The molecule has 32 heavy (non-hydrogen) atoms. The molecule has 3 rings (SSSR count). The molecule has 0 heterocycles. The molecule has 0 fully saturated rings. The number of likely N-dealkylation sites (N-methyl/N-ethyl adjacent to an activating group) is 1. The third-order valence-electron chi connectivity index (χ3n) is 4.83. The fourth-order valence-electron chi connectivity index (χ4n) is 3.05. The summed E-state index contributed by atoms with van der Waals surface area (Å²) < 4.78 is 37.5. The van der Waals surface area contributed by atoms with E-state index < -0.39 is 15.9 Å². The van der Waals surface area contributed by atoms with Crippen molar-refractivity contribution >= 4 is 21.6 Å². The second-order valence-electron chi connectivity index (χ2n) is 7.24. The maximum atomic E-state index is 12.8. The van der Waals surface area contributed by atoms with Crippen LogP contribution in [0.5, 0.6) is 11.5 Å². The highest BCUT2D eigenvalue weighted by atomic mass is 32.2. The average Bonchev–Trinajstić information content (AvgIpc) is 2.79. The molecule has 3 aromatic rings. The summed E-state index contributed by atoms with van der Waals surface area (Å²) in [7, 11) is -0.925. The van der Waals surface area contributed by atoms with E-state index in [4.69, 9.17) is 9.47 Å². The van der Waals surface area contributed by atoms with Crippen molar-refractivity contribution in [2.45, 2.75) is 18.4 Å². The minimum atomic E-state index is -3.82. The molecule has 1 amide bonds. The molecule has 1 N–H and O–H groups in total. The molecule has 0 atom stereocenters. The van der Waals surface area contributed by atoms with Crippen LogP contribution in [-0.2, 0) is 21.4 Å².